The molecular weight excluding hydrogens is 492 g/mol. The van der Waals surface area contributed by atoms with Crippen LogP contribution >= 0.6 is 0 Å². The fourth-order valence-corrected chi connectivity index (χ4v) is 4.77. The van der Waals surface area contributed by atoms with Gasteiger partial charge in [0, 0.05) is 11.8 Å². The number of imidazole rings is 1. The molecule has 5 aromatic rings. The topological polar surface area (TPSA) is 108 Å². The average molecular weight is 517 g/mol. The SMILES string of the molecule is Cc1cc(/C(O)=C2\C(=O)C(=O)N(c3nc4ccccc4[nH]3)C2c2ccccn2)ccc1OCc1ccccc1. The van der Waals surface area contributed by atoms with Gasteiger partial charge in [0.05, 0.1) is 22.3 Å². The van der Waals surface area contributed by atoms with Crippen molar-refractivity contribution in [3.05, 3.63) is 125 Å². The van der Waals surface area contributed by atoms with E-state index in [9.17, 15) is 14.7 Å². The molecule has 1 unspecified atom stereocenters. The Morgan fingerprint density at radius 3 is 2.49 bits per heavy atom. The van der Waals surface area contributed by atoms with Gasteiger partial charge >= 0.3 is 5.91 Å². The summed E-state index contributed by atoms with van der Waals surface area (Å²) < 4.78 is 5.97. The first kappa shape index (κ1) is 24.1. The number of anilines is 1. The predicted molar refractivity (Wildman–Crippen MR) is 147 cm³/mol. The Labute approximate surface area is 224 Å². The van der Waals surface area contributed by atoms with E-state index in [1.165, 1.54) is 4.90 Å². The first-order valence-corrected chi connectivity index (χ1v) is 12.5. The van der Waals surface area contributed by atoms with Crippen LogP contribution in [0.1, 0.15) is 28.4 Å². The van der Waals surface area contributed by atoms with E-state index in [2.05, 4.69) is 15.0 Å². The summed E-state index contributed by atoms with van der Waals surface area (Å²) in [5.41, 5.74) is 3.94. The molecule has 8 heteroatoms. The number of ether oxygens (including phenoxy) is 1. The van der Waals surface area contributed by atoms with Crippen molar-refractivity contribution in [3.63, 3.8) is 0 Å². The molecule has 1 fully saturated rings. The Morgan fingerprint density at radius 2 is 1.74 bits per heavy atom. The van der Waals surface area contributed by atoms with Crippen LogP contribution < -0.4 is 9.64 Å². The van der Waals surface area contributed by atoms with E-state index in [4.69, 9.17) is 4.74 Å². The number of para-hydroxylation sites is 2. The predicted octanol–water partition coefficient (Wildman–Crippen LogP) is 5.47. The number of pyridine rings is 1. The van der Waals surface area contributed by atoms with Crippen LogP contribution in [0, 0.1) is 6.92 Å². The standard InChI is InChI=1S/C31H24N4O4/c1-19-17-21(14-15-25(19)39-18-20-9-3-2-4-10-20)28(36)26-27(24-13-7-8-16-32-24)35(30(38)29(26)37)31-33-22-11-5-6-12-23(22)34-31/h2-17,27,36H,18H2,1H3,(H,33,34)/b28-26+. The lowest BCUT2D eigenvalue weighted by Crippen LogP contribution is -2.30. The minimum Gasteiger partial charge on any atom is -0.507 e. The van der Waals surface area contributed by atoms with Crippen LogP contribution in [0.25, 0.3) is 16.8 Å². The van der Waals surface area contributed by atoms with Gasteiger partial charge < -0.3 is 14.8 Å². The van der Waals surface area contributed by atoms with E-state index < -0.39 is 17.7 Å². The molecule has 1 aliphatic rings. The maximum atomic E-state index is 13.4. The van der Waals surface area contributed by atoms with Crippen LogP contribution in [0.15, 0.2) is 103 Å². The van der Waals surface area contributed by atoms with Crippen molar-refractivity contribution < 1.29 is 19.4 Å². The summed E-state index contributed by atoms with van der Waals surface area (Å²) in [6.07, 6.45) is 1.58. The minimum absolute atomic E-state index is 0.0588. The molecule has 0 radical (unpaired) electrons. The van der Waals surface area contributed by atoms with Crippen LogP contribution in [0.5, 0.6) is 5.75 Å². The number of benzene rings is 3. The lowest BCUT2D eigenvalue weighted by Gasteiger charge is -2.22. The maximum Gasteiger partial charge on any atom is 0.302 e. The number of rotatable bonds is 6. The van der Waals surface area contributed by atoms with E-state index in [0.717, 1.165) is 16.6 Å². The molecule has 3 aromatic carbocycles. The van der Waals surface area contributed by atoms with Crippen LogP contribution in [0.2, 0.25) is 0 Å². The van der Waals surface area contributed by atoms with Crippen molar-refractivity contribution >= 4 is 34.4 Å². The van der Waals surface area contributed by atoms with Crippen molar-refractivity contribution in [2.45, 2.75) is 19.6 Å². The summed E-state index contributed by atoms with van der Waals surface area (Å²) in [5, 5.41) is 11.4. The lowest BCUT2D eigenvalue weighted by molar-refractivity contribution is -0.132. The zero-order chi connectivity index (χ0) is 26.9. The molecule has 1 atom stereocenters. The second kappa shape index (κ2) is 9.90. The lowest BCUT2D eigenvalue weighted by atomic mass is 9.97. The Morgan fingerprint density at radius 1 is 0.974 bits per heavy atom. The van der Waals surface area contributed by atoms with Crippen molar-refractivity contribution in [1.82, 2.24) is 15.0 Å². The number of amides is 1. The number of aromatic nitrogens is 3. The molecule has 2 N–H and O–H groups in total. The number of fused-ring (bicyclic) bond motifs is 1. The normalized spacial score (nSPS) is 16.6. The number of aliphatic hydroxyl groups excluding tert-OH is 1. The second-order valence-electron chi connectivity index (χ2n) is 9.26. The number of nitrogens with one attached hydrogen (secondary N) is 1. The van der Waals surface area contributed by atoms with E-state index in [1.807, 2.05) is 61.5 Å². The zero-order valence-electron chi connectivity index (χ0n) is 21.0. The average Bonchev–Trinajstić information content (AvgIpc) is 3.51. The number of aryl methyl sites for hydroxylation is 1. The Balaban J connectivity index is 1.41. The van der Waals surface area contributed by atoms with Crippen molar-refractivity contribution in [3.8, 4) is 5.75 Å². The van der Waals surface area contributed by atoms with Gasteiger partial charge in [0.2, 0.25) is 5.95 Å². The number of ketones is 1. The van der Waals surface area contributed by atoms with E-state index in [0.29, 0.717) is 29.1 Å². The Bertz CT molecular complexity index is 1690. The second-order valence-corrected chi connectivity index (χ2v) is 9.26. The molecule has 1 aliphatic heterocycles. The highest BCUT2D eigenvalue weighted by Crippen LogP contribution is 2.41. The van der Waals surface area contributed by atoms with Gasteiger partial charge in [-0.25, -0.2) is 4.98 Å². The fourth-order valence-electron chi connectivity index (χ4n) is 4.77. The summed E-state index contributed by atoms with van der Waals surface area (Å²) in [4.78, 5) is 40.1. The number of aromatic amines is 1. The van der Waals surface area contributed by atoms with Gasteiger partial charge in [0.15, 0.2) is 0 Å². The molecule has 0 spiro atoms. The molecule has 6 rings (SSSR count). The van der Waals surface area contributed by atoms with Gasteiger partial charge in [-0.3, -0.25) is 19.5 Å². The van der Waals surface area contributed by atoms with Crippen molar-refractivity contribution in [1.29, 1.82) is 0 Å². The van der Waals surface area contributed by atoms with Crippen molar-refractivity contribution in [2.24, 2.45) is 0 Å². The largest absolute Gasteiger partial charge is 0.507 e. The fraction of sp³-hybridized carbons (Fsp3) is 0.0968. The monoisotopic (exact) mass is 516 g/mol. The molecule has 8 nitrogen and oxygen atoms in total. The Hall–Kier alpha value is -5.24. The molecule has 0 bridgehead atoms. The number of carbonyl (C=O) groups excluding carboxylic acids is 2. The zero-order valence-corrected chi connectivity index (χ0v) is 21.0. The number of H-pyrrole nitrogens is 1. The first-order valence-electron chi connectivity index (χ1n) is 12.5. The van der Waals surface area contributed by atoms with E-state index >= 15 is 0 Å². The summed E-state index contributed by atoms with van der Waals surface area (Å²) in [6, 6.07) is 26.6. The van der Waals surface area contributed by atoms with Crippen LogP contribution in [-0.4, -0.2) is 31.7 Å². The molecule has 3 heterocycles. The molecule has 39 heavy (non-hydrogen) atoms. The molecule has 1 saturated heterocycles. The van der Waals surface area contributed by atoms with Crippen molar-refractivity contribution in [2.75, 3.05) is 4.90 Å². The molecular formula is C31H24N4O4. The third-order valence-corrected chi connectivity index (χ3v) is 6.70. The first-order chi connectivity index (χ1) is 19.0. The molecule has 192 valence electrons. The third-order valence-electron chi connectivity index (χ3n) is 6.70. The van der Waals surface area contributed by atoms with Gasteiger partial charge in [0.1, 0.15) is 24.2 Å². The molecule has 0 aliphatic carbocycles. The van der Waals surface area contributed by atoms with Crippen LogP contribution in [0.4, 0.5) is 5.95 Å². The highest BCUT2D eigenvalue weighted by Gasteiger charge is 2.48. The number of nitrogens with zero attached hydrogens (tertiary/aromatic N) is 3. The summed E-state index contributed by atoms with van der Waals surface area (Å²) in [7, 11) is 0. The summed E-state index contributed by atoms with van der Waals surface area (Å²) in [5.74, 6) is -1.05. The van der Waals surface area contributed by atoms with Gasteiger partial charge in [-0.05, 0) is 60.5 Å². The van der Waals surface area contributed by atoms with Gasteiger partial charge in [-0.15, -0.1) is 0 Å². The number of carbonyl (C=O) groups is 2. The summed E-state index contributed by atoms with van der Waals surface area (Å²) in [6.45, 7) is 2.26. The van der Waals surface area contributed by atoms with Crippen LogP contribution in [0.3, 0.4) is 0 Å². The quantitative estimate of drug-likeness (QED) is 0.176. The third kappa shape index (κ3) is 4.42. The van der Waals surface area contributed by atoms with Gasteiger partial charge in [-0.2, -0.15) is 0 Å². The number of aliphatic hydroxyl groups is 1. The number of hydrogen-bond acceptors (Lipinski definition) is 6. The van der Waals surface area contributed by atoms with E-state index in [1.54, 1.807) is 42.6 Å². The minimum atomic E-state index is -0.971. The Kier molecular flexibility index (Phi) is 6.13. The van der Waals surface area contributed by atoms with Gasteiger partial charge in [0.25, 0.3) is 5.78 Å². The highest BCUT2D eigenvalue weighted by molar-refractivity contribution is 6.51. The molecule has 1 amide bonds. The highest BCUT2D eigenvalue weighted by atomic mass is 16.5. The summed E-state index contributed by atoms with van der Waals surface area (Å²) >= 11 is 0. The maximum absolute atomic E-state index is 13.4. The molecule has 2 aromatic heterocycles. The van der Waals surface area contributed by atoms with Gasteiger partial charge in [-0.1, -0.05) is 48.5 Å². The smallest absolute Gasteiger partial charge is 0.302 e. The number of Topliss-reactive ketones (excluding diaryl/α,β-unsaturated/α-hetero) is 1. The van der Waals surface area contributed by atoms with Crippen LogP contribution in [-0.2, 0) is 16.2 Å². The molecule has 0 saturated carbocycles. The van der Waals surface area contributed by atoms with E-state index in [-0.39, 0.29) is 17.3 Å². The number of hydrogen-bond donors (Lipinski definition) is 2.